The summed E-state index contributed by atoms with van der Waals surface area (Å²) in [6.07, 6.45) is 0.677. The lowest BCUT2D eigenvalue weighted by Gasteiger charge is -2.28. The van der Waals surface area contributed by atoms with E-state index in [1.165, 1.54) is 0 Å². The second-order valence-electron chi connectivity index (χ2n) is 5.76. The number of carbonyl (C=O) groups is 2. The van der Waals surface area contributed by atoms with Crippen LogP contribution >= 0.6 is 0 Å². The van der Waals surface area contributed by atoms with Gasteiger partial charge in [0.05, 0.1) is 26.1 Å². The molecular formula is C18H24O7. The third-order valence-electron chi connectivity index (χ3n) is 3.95. The van der Waals surface area contributed by atoms with E-state index >= 15 is 0 Å². The topological polar surface area (TPSA) is 91.3 Å². The van der Waals surface area contributed by atoms with Gasteiger partial charge in [-0.15, -0.1) is 0 Å². The maximum Gasteiger partial charge on any atom is 0.306 e. The maximum absolute atomic E-state index is 11.7. The molecule has 0 amide bonds. The summed E-state index contributed by atoms with van der Waals surface area (Å²) in [6, 6.07) is 7.41. The number of hydrogen-bond donors (Lipinski definition) is 1. The predicted molar refractivity (Wildman–Crippen MR) is 88.5 cm³/mol. The molecule has 1 atom stereocenters. The predicted octanol–water partition coefficient (Wildman–Crippen LogP) is 2.34. The van der Waals surface area contributed by atoms with Crippen LogP contribution < -0.4 is 4.74 Å². The minimum atomic E-state index is -1.03. The first-order valence-corrected chi connectivity index (χ1v) is 8.33. The number of benzene rings is 1. The molecular weight excluding hydrogens is 328 g/mol. The van der Waals surface area contributed by atoms with E-state index in [9.17, 15) is 9.59 Å². The van der Waals surface area contributed by atoms with Crippen molar-refractivity contribution >= 4 is 11.9 Å². The molecule has 1 N–H and O–H groups in total. The van der Waals surface area contributed by atoms with Gasteiger partial charge >= 0.3 is 11.9 Å². The van der Waals surface area contributed by atoms with Crippen LogP contribution in [-0.4, -0.2) is 50.1 Å². The third kappa shape index (κ3) is 6.36. The van der Waals surface area contributed by atoms with Crippen molar-refractivity contribution in [3.63, 3.8) is 0 Å². The van der Waals surface area contributed by atoms with Crippen molar-refractivity contribution in [2.75, 3.05) is 26.9 Å². The van der Waals surface area contributed by atoms with E-state index in [2.05, 4.69) is 0 Å². The van der Waals surface area contributed by atoms with Gasteiger partial charge in [0.1, 0.15) is 18.5 Å². The van der Waals surface area contributed by atoms with E-state index in [-0.39, 0.29) is 25.6 Å². The number of carbonyl (C=O) groups excluding carboxylic acids is 1. The van der Waals surface area contributed by atoms with E-state index in [1.54, 1.807) is 7.11 Å². The summed E-state index contributed by atoms with van der Waals surface area (Å²) in [5.74, 6) is -0.935. The first-order chi connectivity index (χ1) is 12.1. The van der Waals surface area contributed by atoms with Gasteiger partial charge in [0.15, 0.2) is 0 Å². The average molecular weight is 352 g/mol. The SMILES string of the molecule is COc1ccccc1C(COC(=O)CCC(=O)O)OC1CCOCC1. The number of carboxylic acids is 1. The normalized spacial score (nSPS) is 16.2. The Balaban J connectivity index is 2.03. The lowest BCUT2D eigenvalue weighted by Crippen LogP contribution is -2.27. The Morgan fingerprint density at radius 3 is 2.64 bits per heavy atom. The Labute approximate surface area is 146 Å². The van der Waals surface area contributed by atoms with Crippen LogP contribution in [0.4, 0.5) is 0 Å². The van der Waals surface area contributed by atoms with E-state index in [0.29, 0.717) is 19.0 Å². The molecule has 1 saturated heterocycles. The first kappa shape index (κ1) is 19.2. The highest BCUT2D eigenvalue weighted by Crippen LogP contribution is 2.30. The van der Waals surface area contributed by atoms with Crippen molar-refractivity contribution in [2.45, 2.75) is 37.9 Å². The maximum atomic E-state index is 11.7. The number of esters is 1. The molecule has 1 aliphatic heterocycles. The summed E-state index contributed by atoms with van der Waals surface area (Å²) >= 11 is 0. The minimum absolute atomic E-state index is 0.0101. The molecule has 1 fully saturated rings. The number of ether oxygens (including phenoxy) is 4. The van der Waals surface area contributed by atoms with Crippen molar-refractivity contribution in [3.05, 3.63) is 29.8 Å². The first-order valence-electron chi connectivity index (χ1n) is 8.33. The van der Waals surface area contributed by atoms with Crippen LogP contribution in [0.1, 0.15) is 37.4 Å². The Hall–Kier alpha value is -2.12. The lowest BCUT2D eigenvalue weighted by molar-refractivity contribution is -0.154. The molecule has 0 spiro atoms. The van der Waals surface area contributed by atoms with E-state index in [1.807, 2.05) is 24.3 Å². The fourth-order valence-corrected chi connectivity index (χ4v) is 2.63. The van der Waals surface area contributed by atoms with Crippen molar-refractivity contribution in [2.24, 2.45) is 0 Å². The fourth-order valence-electron chi connectivity index (χ4n) is 2.63. The molecule has 7 nitrogen and oxygen atoms in total. The van der Waals surface area contributed by atoms with Crippen molar-refractivity contribution in [1.29, 1.82) is 0 Å². The minimum Gasteiger partial charge on any atom is -0.496 e. The van der Waals surface area contributed by atoms with Gasteiger partial charge in [-0.1, -0.05) is 18.2 Å². The van der Waals surface area contributed by atoms with Gasteiger partial charge < -0.3 is 24.1 Å². The van der Waals surface area contributed by atoms with Crippen molar-refractivity contribution < 1.29 is 33.6 Å². The van der Waals surface area contributed by atoms with Crippen LogP contribution in [-0.2, 0) is 23.8 Å². The number of rotatable bonds is 9. The Morgan fingerprint density at radius 2 is 1.96 bits per heavy atom. The molecule has 0 saturated carbocycles. The number of para-hydroxylation sites is 1. The zero-order valence-corrected chi connectivity index (χ0v) is 14.3. The number of carboxylic acid groups (broad SMARTS) is 1. The fraction of sp³-hybridized carbons (Fsp3) is 0.556. The smallest absolute Gasteiger partial charge is 0.306 e. The third-order valence-corrected chi connectivity index (χ3v) is 3.95. The standard InChI is InChI=1S/C18H24O7/c1-22-15-5-3-2-4-14(15)16(25-13-8-10-23-11-9-13)12-24-18(21)7-6-17(19)20/h2-5,13,16H,6-12H2,1H3,(H,19,20). The van der Waals surface area contributed by atoms with E-state index in [4.69, 9.17) is 24.1 Å². The molecule has 0 aromatic heterocycles. The summed E-state index contributed by atoms with van der Waals surface area (Å²) in [5.41, 5.74) is 0.794. The van der Waals surface area contributed by atoms with Crippen LogP contribution in [0.3, 0.4) is 0 Å². The number of aliphatic carboxylic acids is 1. The molecule has 1 heterocycles. The van der Waals surface area contributed by atoms with Crippen molar-refractivity contribution in [3.8, 4) is 5.75 Å². The largest absolute Gasteiger partial charge is 0.496 e. The van der Waals surface area contributed by atoms with Crippen molar-refractivity contribution in [1.82, 2.24) is 0 Å². The summed E-state index contributed by atoms with van der Waals surface area (Å²) in [7, 11) is 1.57. The quantitative estimate of drug-likeness (QED) is 0.682. The number of methoxy groups -OCH3 is 1. The lowest BCUT2D eigenvalue weighted by atomic mass is 10.1. The molecule has 1 aliphatic rings. The Kier molecular flexibility index (Phi) is 7.69. The monoisotopic (exact) mass is 352 g/mol. The zero-order chi connectivity index (χ0) is 18.1. The van der Waals surface area contributed by atoms with Gasteiger partial charge in [0.2, 0.25) is 0 Å². The Morgan fingerprint density at radius 1 is 1.24 bits per heavy atom. The van der Waals surface area contributed by atoms with Gasteiger partial charge in [-0.25, -0.2) is 0 Å². The molecule has 1 unspecified atom stereocenters. The van der Waals surface area contributed by atoms with E-state index in [0.717, 1.165) is 18.4 Å². The van der Waals surface area contributed by atoms with Gasteiger partial charge in [0.25, 0.3) is 0 Å². The highest BCUT2D eigenvalue weighted by Gasteiger charge is 2.24. The molecule has 0 radical (unpaired) electrons. The highest BCUT2D eigenvalue weighted by atomic mass is 16.6. The molecule has 0 bridgehead atoms. The zero-order valence-electron chi connectivity index (χ0n) is 14.3. The van der Waals surface area contributed by atoms with Gasteiger partial charge in [0, 0.05) is 18.8 Å². The average Bonchev–Trinajstić information content (AvgIpc) is 2.64. The van der Waals surface area contributed by atoms with Crippen LogP contribution in [0.5, 0.6) is 5.75 Å². The molecule has 7 heteroatoms. The molecule has 2 rings (SSSR count). The summed E-state index contributed by atoms with van der Waals surface area (Å²) in [4.78, 5) is 22.3. The van der Waals surface area contributed by atoms with E-state index < -0.39 is 18.0 Å². The van der Waals surface area contributed by atoms with Crippen LogP contribution in [0.25, 0.3) is 0 Å². The Bertz CT molecular complexity index is 566. The van der Waals surface area contributed by atoms with Gasteiger partial charge in [-0.3, -0.25) is 9.59 Å². The second-order valence-corrected chi connectivity index (χ2v) is 5.76. The van der Waals surface area contributed by atoms with Crippen LogP contribution in [0.2, 0.25) is 0 Å². The van der Waals surface area contributed by atoms with Gasteiger partial charge in [-0.2, -0.15) is 0 Å². The molecule has 1 aromatic rings. The summed E-state index contributed by atoms with van der Waals surface area (Å²) < 4.78 is 22.1. The summed E-state index contributed by atoms with van der Waals surface area (Å²) in [5, 5.41) is 8.64. The van der Waals surface area contributed by atoms with Crippen LogP contribution in [0, 0.1) is 0 Å². The second kappa shape index (κ2) is 10.0. The number of hydrogen-bond acceptors (Lipinski definition) is 6. The molecule has 25 heavy (non-hydrogen) atoms. The molecule has 1 aromatic carbocycles. The molecule has 0 aliphatic carbocycles. The summed E-state index contributed by atoms with van der Waals surface area (Å²) in [6.45, 7) is 1.29. The molecule has 138 valence electrons. The highest BCUT2D eigenvalue weighted by molar-refractivity contribution is 5.76. The van der Waals surface area contributed by atoms with Crippen LogP contribution in [0.15, 0.2) is 24.3 Å². The van der Waals surface area contributed by atoms with Gasteiger partial charge in [-0.05, 0) is 18.9 Å².